The fourth-order valence-electron chi connectivity index (χ4n) is 4.44. The van der Waals surface area contributed by atoms with Gasteiger partial charge < -0.3 is 78.3 Å². The molecule has 1 aliphatic carbocycles. The predicted molar refractivity (Wildman–Crippen MR) is 110 cm³/mol. The number of aliphatic hydroxyl groups excluding tert-OH is 6. The smallest absolute Gasteiger partial charge is 0.187 e. The molecule has 16 N–H and O–H groups in total. The lowest BCUT2D eigenvalue weighted by Crippen LogP contribution is -2.68. The Labute approximate surface area is 190 Å². The van der Waals surface area contributed by atoms with Crippen LogP contribution in [0.1, 0.15) is 6.42 Å². The summed E-state index contributed by atoms with van der Waals surface area (Å²) in [6.45, 7) is -0.253. The van der Waals surface area contributed by atoms with Crippen LogP contribution in [-0.2, 0) is 18.9 Å². The molecule has 0 aromatic carbocycles. The lowest BCUT2D eigenvalue weighted by Gasteiger charge is -2.48. The van der Waals surface area contributed by atoms with Crippen molar-refractivity contribution in [2.45, 2.75) is 98.2 Å². The van der Waals surface area contributed by atoms with E-state index < -0.39 is 91.7 Å². The quantitative estimate of drug-likeness (QED) is 0.167. The van der Waals surface area contributed by atoms with E-state index in [1.165, 1.54) is 0 Å². The fraction of sp³-hybridized carbons (Fsp3) is 1.00. The molecule has 3 aliphatic rings. The fourth-order valence-corrected chi connectivity index (χ4v) is 4.44. The van der Waals surface area contributed by atoms with Gasteiger partial charge in [0.1, 0.15) is 54.9 Å². The van der Waals surface area contributed by atoms with E-state index in [-0.39, 0.29) is 19.5 Å². The van der Waals surface area contributed by atoms with Crippen LogP contribution in [0, 0.1) is 0 Å². The number of ether oxygens (including phenoxy) is 4. The van der Waals surface area contributed by atoms with Gasteiger partial charge in [-0.2, -0.15) is 0 Å². The highest BCUT2D eigenvalue weighted by molar-refractivity contribution is 5.01. The van der Waals surface area contributed by atoms with E-state index in [1.807, 2.05) is 0 Å². The summed E-state index contributed by atoms with van der Waals surface area (Å²) in [6, 6.07) is -2.73. The first-order chi connectivity index (χ1) is 15.5. The molecule has 15 atom stereocenters. The molecular formula is C18H37N5O10. The molecule has 2 aliphatic heterocycles. The summed E-state index contributed by atoms with van der Waals surface area (Å²) in [5, 5.41) is 61.7. The SMILES string of the molecule is NCC1OC(OC2C(N)CC(N)C(OC3OC(CN)C(O)C(O)C3O)C2O)C(O)C(N)C1O. The lowest BCUT2D eigenvalue weighted by molar-refractivity contribution is -0.330. The summed E-state index contributed by atoms with van der Waals surface area (Å²) >= 11 is 0. The van der Waals surface area contributed by atoms with Crippen LogP contribution < -0.4 is 28.7 Å². The van der Waals surface area contributed by atoms with Gasteiger partial charge in [0.2, 0.25) is 0 Å². The number of hydrogen-bond acceptors (Lipinski definition) is 15. The van der Waals surface area contributed by atoms with Crippen LogP contribution in [0.4, 0.5) is 0 Å². The number of rotatable bonds is 6. The Balaban J connectivity index is 1.72. The van der Waals surface area contributed by atoms with Gasteiger partial charge in [0.05, 0.1) is 12.1 Å². The van der Waals surface area contributed by atoms with Gasteiger partial charge in [-0.25, -0.2) is 0 Å². The number of hydrogen-bond donors (Lipinski definition) is 11. The second kappa shape index (κ2) is 11.0. The van der Waals surface area contributed by atoms with Crippen molar-refractivity contribution < 1.29 is 49.6 Å². The van der Waals surface area contributed by atoms with Gasteiger partial charge in [0, 0.05) is 25.2 Å². The molecule has 33 heavy (non-hydrogen) atoms. The van der Waals surface area contributed by atoms with Gasteiger partial charge in [-0.3, -0.25) is 0 Å². The van der Waals surface area contributed by atoms with Crippen molar-refractivity contribution in [2.75, 3.05) is 13.1 Å². The van der Waals surface area contributed by atoms with Crippen molar-refractivity contribution in [3.63, 3.8) is 0 Å². The average molecular weight is 484 g/mol. The zero-order valence-corrected chi connectivity index (χ0v) is 18.0. The summed E-state index contributed by atoms with van der Waals surface area (Å²) in [6.07, 6.45) is -15.8. The van der Waals surface area contributed by atoms with Crippen LogP contribution in [0.15, 0.2) is 0 Å². The first kappa shape index (κ1) is 27.0. The van der Waals surface area contributed by atoms with E-state index >= 15 is 0 Å². The Bertz CT molecular complexity index is 585. The number of nitrogens with two attached hydrogens (primary N) is 5. The molecule has 15 heteroatoms. The topological polar surface area (TPSA) is 288 Å². The normalized spacial score (nSPS) is 53.7. The molecule has 0 spiro atoms. The molecule has 194 valence electrons. The predicted octanol–water partition coefficient (Wildman–Crippen LogP) is -7.33. The monoisotopic (exact) mass is 483 g/mol. The minimum atomic E-state index is -1.65. The zero-order chi connectivity index (χ0) is 24.6. The minimum Gasteiger partial charge on any atom is -0.389 e. The first-order valence-corrected chi connectivity index (χ1v) is 10.9. The van der Waals surface area contributed by atoms with E-state index in [9.17, 15) is 30.6 Å². The number of aliphatic hydroxyl groups is 6. The van der Waals surface area contributed by atoms with Crippen molar-refractivity contribution in [2.24, 2.45) is 28.7 Å². The molecule has 1 saturated carbocycles. The lowest BCUT2D eigenvalue weighted by atomic mass is 9.84. The van der Waals surface area contributed by atoms with Crippen molar-refractivity contribution in [1.82, 2.24) is 0 Å². The van der Waals surface area contributed by atoms with Crippen molar-refractivity contribution in [3.8, 4) is 0 Å². The highest BCUT2D eigenvalue weighted by Crippen LogP contribution is 2.31. The third-order valence-corrected chi connectivity index (χ3v) is 6.53. The summed E-state index contributed by atoms with van der Waals surface area (Å²) in [5.41, 5.74) is 29.2. The summed E-state index contributed by atoms with van der Waals surface area (Å²) in [4.78, 5) is 0. The van der Waals surface area contributed by atoms with E-state index in [4.69, 9.17) is 47.6 Å². The molecular weight excluding hydrogens is 446 g/mol. The van der Waals surface area contributed by atoms with Crippen LogP contribution in [0.5, 0.6) is 0 Å². The Morgan fingerprint density at radius 3 is 1.55 bits per heavy atom. The average Bonchev–Trinajstić information content (AvgIpc) is 2.79. The second-order valence-electron chi connectivity index (χ2n) is 8.84. The molecule has 3 fully saturated rings. The Kier molecular flexibility index (Phi) is 8.99. The third-order valence-electron chi connectivity index (χ3n) is 6.53. The van der Waals surface area contributed by atoms with Gasteiger partial charge in [0.25, 0.3) is 0 Å². The van der Waals surface area contributed by atoms with Crippen LogP contribution >= 0.6 is 0 Å². The highest BCUT2D eigenvalue weighted by atomic mass is 16.7. The van der Waals surface area contributed by atoms with Gasteiger partial charge in [-0.1, -0.05) is 0 Å². The minimum absolute atomic E-state index is 0.0925. The van der Waals surface area contributed by atoms with Crippen LogP contribution in [0.25, 0.3) is 0 Å². The molecule has 2 heterocycles. The third kappa shape index (κ3) is 5.32. The zero-order valence-electron chi connectivity index (χ0n) is 18.0. The molecule has 0 aromatic rings. The largest absolute Gasteiger partial charge is 0.389 e. The Morgan fingerprint density at radius 1 is 0.606 bits per heavy atom. The van der Waals surface area contributed by atoms with Gasteiger partial charge in [0.15, 0.2) is 12.6 Å². The van der Waals surface area contributed by atoms with Crippen LogP contribution in [0.2, 0.25) is 0 Å². The molecule has 3 rings (SSSR count). The maximum absolute atomic E-state index is 11.0. The summed E-state index contributed by atoms with van der Waals surface area (Å²) in [7, 11) is 0. The van der Waals surface area contributed by atoms with E-state index in [2.05, 4.69) is 0 Å². The van der Waals surface area contributed by atoms with Gasteiger partial charge >= 0.3 is 0 Å². The van der Waals surface area contributed by atoms with Crippen molar-refractivity contribution >= 4 is 0 Å². The standard InChI is InChI=1S/C18H37N5O10/c19-2-6-9(24)8(23)11(26)17(30-6)32-15-4(21)1-5(22)16(14(15)29)33-18-13(28)12(27)10(25)7(3-20)31-18/h4-18,24-29H,1-3,19-23H2. The van der Waals surface area contributed by atoms with E-state index in [0.29, 0.717) is 0 Å². The molecule has 0 bridgehead atoms. The molecule has 15 unspecified atom stereocenters. The van der Waals surface area contributed by atoms with E-state index in [0.717, 1.165) is 0 Å². The maximum atomic E-state index is 11.0. The highest BCUT2D eigenvalue weighted by Gasteiger charge is 2.51. The van der Waals surface area contributed by atoms with Crippen LogP contribution in [0.3, 0.4) is 0 Å². The Morgan fingerprint density at radius 2 is 1.06 bits per heavy atom. The molecule has 0 aromatic heterocycles. The van der Waals surface area contributed by atoms with Crippen molar-refractivity contribution in [1.29, 1.82) is 0 Å². The molecule has 2 saturated heterocycles. The van der Waals surface area contributed by atoms with Gasteiger partial charge in [-0.05, 0) is 6.42 Å². The van der Waals surface area contributed by atoms with E-state index in [1.54, 1.807) is 0 Å². The maximum Gasteiger partial charge on any atom is 0.187 e. The Hall–Kier alpha value is -0.600. The second-order valence-corrected chi connectivity index (χ2v) is 8.84. The molecule has 0 amide bonds. The first-order valence-electron chi connectivity index (χ1n) is 10.9. The summed E-state index contributed by atoms with van der Waals surface area (Å²) < 4.78 is 22.4. The van der Waals surface area contributed by atoms with Crippen LogP contribution in [-0.4, -0.2) is 135 Å². The van der Waals surface area contributed by atoms with Crippen molar-refractivity contribution in [3.05, 3.63) is 0 Å². The van der Waals surface area contributed by atoms with Gasteiger partial charge in [-0.15, -0.1) is 0 Å². The summed E-state index contributed by atoms with van der Waals surface area (Å²) in [5.74, 6) is 0. The molecule has 15 nitrogen and oxygen atoms in total. The molecule has 0 radical (unpaired) electrons.